The van der Waals surface area contributed by atoms with Crippen molar-refractivity contribution >= 4 is 11.5 Å². The van der Waals surface area contributed by atoms with Crippen molar-refractivity contribution in [2.24, 2.45) is 4.99 Å². The van der Waals surface area contributed by atoms with Crippen LogP contribution in [0.15, 0.2) is 35.3 Å². The third-order valence-corrected chi connectivity index (χ3v) is 5.07. The van der Waals surface area contributed by atoms with Crippen molar-refractivity contribution < 1.29 is 9.47 Å². The first kappa shape index (κ1) is 16.0. The second kappa shape index (κ2) is 7.19. The maximum absolute atomic E-state index is 5.58. The summed E-state index contributed by atoms with van der Waals surface area (Å²) in [5.74, 6) is 1.09. The smallest absolute Gasteiger partial charge is 0.139 e. The molecular weight excluding hydrogens is 304 g/mol. The molecule has 2 fully saturated rings. The monoisotopic (exact) mass is 330 g/mol. The van der Waals surface area contributed by atoms with Crippen molar-refractivity contribution in [1.29, 1.82) is 0 Å². The number of rotatable bonds is 3. The van der Waals surface area contributed by atoms with Gasteiger partial charge in [-0.05, 0) is 19.1 Å². The molecule has 4 rings (SSSR count). The number of nitrogens with zero attached hydrogens (tertiary/aromatic N) is 4. The zero-order valence-electron chi connectivity index (χ0n) is 14.3. The largest absolute Gasteiger partial charge is 0.379 e. The molecule has 0 aromatic heterocycles. The van der Waals surface area contributed by atoms with Gasteiger partial charge in [-0.2, -0.15) is 0 Å². The van der Waals surface area contributed by atoms with E-state index in [1.54, 1.807) is 0 Å². The summed E-state index contributed by atoms with van der Waals surface area (Å²) in [6, 6.07) is 10.6. The van der Waals surface area contributed by atoms with Gasteiger partial charge in [-0.1, -0.05) is 18.2 Å². The van der Waals surface area contributed by atoms with Crippen molar-refractivity contribution in [2.75, 3.05) is 57.5 Å². The van der Waals surface area contributed by atoms with Gasteiger partial charge in [0.05, 0.1) is 26.4 Å². The lowest BCUT2D eigenvalue weighted by molar-refractivity contribution is -0.0273. The molecule has 0 radical (unpaired) electrons. The van der Waals surface area contributed by atoms with Gasteiger partial charge in [0.2, 0.25) is 0 Å². The van der Waals surface area contributed by atoms with Gasteiger partial charge >= 0.3 is 0 Å². The number of amidine groups is 1. The molecule has 0 bridgehead atoms. The molecular formula is C18H26N4O2. The van der Waals surface area contributed by atoms with E-state index in [0.29, 0.717) is 0 Å². The summed E-state index contributed by atoms with van der Waals surface area (Å²) in [5, 5.41) is 0. The Morgan fingerprint density at radius 1 is 0.875 bits per heavy atom. The fourth-order valence-electron chi connectivity index (χ4n) is 3.88. The third kappa shape index (κ3) is 3.07. The first-order valence-corrected chi connectivity index (χ1v) is 8.87. The Balaban J connectivity index is 1.65. The van der Waals surface area contributed by atoms with Gasteiger partial charge in [0.1, 0.15) is 18.2 Å². The molecule has 1 aromatic carbocycles. The number of morpholine rings is 2. The molecule has 3 heterocycles. The minimum Gasteiger partial charge on any atom is -0.379 e. The zero-order valence-corrected chi connectivity index (χ0v) is 14.3. The normalized spacial score (nSPS) is 29.7. The predicted octanol–water partition coefficient (Wildman–Crippen LogP) is 1.24. The number of hydrogen-bond donors (Lipinski definition) is 0. The van der Waals surface area contributed by atoms with Crippen LogP contribution in [0.5, 0.6) is 0 Å². The van der Waals surface area contributed by atoms with Crippen molar-refractivity contribution in [3.8, 4) is 0 Å². The Labute approximate surface area is 143 Å². The van der Waals surface area contributed by atoms with Crippen LogP contribution >= 0.6 is 0 Å². The fourth-order valence-corrected chi connectivity index (χ4v) is 3.88. The SMILES string of the molecule is CC1=N[C@@H](N2CCOCC2)[C@H](N2CCOCC2)N1c1ccccc1. The lowest BCUT2D eigenvalue weighted by Crippen LogP contribution is -2.60. The number of hydrogen-bond acceptors (Lipinski definition) is 6. The highest BCUT2D eigenvalue weighted by atomic mass is 16.5. The topological polar surface area (TPSA) is 40.5 Å². The van der Waals surface area contributed by atoms with Crippen molar-refractivity contribution in [3.63, 3.8) is 0 Å². The molecule has 3 aliphatic heterocycles. The van der Waals surface area contributed by atoms with Crippen LogP contribution in [0.3, 0.4) is 0 Å². The number of benzene rings is 1. The standard InChI is InChI=1S/C18H26N4O2/c1-15-19-17(20-7-11-23-12-8-20)18(21-9-13-24-14-10-21)22(15)16-5-3-2-4-6-16/h2-6,17-18H,7-14H2,1H3/t17-,18+/m0/s1. The number of aliphatic imine (C=N–C) groups is 1. The third-order valence-electron chi connectivity index (χ3n) is 5.07. The summed E-state index contributed by atoms with van der Waals surface area (Å²) in [4.78, 5) is 12.4. The molecule has 0 unspecified atom stereocenters. The molecule has 0 aliphatic carbocycles. The molecule has 2 saturated heterocycles. The van der Waals surface area contributed by atoms with Crippen molar-refractivity contribution in [2.45, 2.75) is 19.3 Å². The zero-order chi connectivity index (χ0) is 16.4. The van der Waals surface area contributed by atoms with Gasteiger partial charge in [0.25, 0.3) is 0 Å². The number of ether oxygens (including phenoxy) is 2. The Hall–Kier alpha value is -1.47. The summed E-state index contributed by atoms with van der Waals surface area (Å²) < 4.78 is 11.1. The van der Waals surface area contributed by atoms with E-state index in [2.05, 4.69) is 52.0 Å². The molecule has 0 spiro atoms. The van der Waals surface area contributed by atoms with E-state index in [4.69, 9.17) is 14.5 Å². The van der Waals surface area contributed by atoms with Crippen LogP contribution < -0.4 is 4.90 Å². The lowest BCUT2D eigenvalue weighted by atomic mass is 10.2. The van der Waals surface area contributed by atoms with Gasteiger partial charge in [0, 0.05) is 31.9 Å². The molecule has 3 aliphatic rings. The molecule has 130 valence electrons. The van der Waals surface area contributed by atoms with Crippen LogP contribution in [0.2, 0.25) is 0 Å². The number of anilines is 1. The quantitative estimate of drug-likeness (QED) is 0.834. The van der Waals surface area contributed by atoms with E-state index in [0.717, 1.165) is 58.4 Å². The van der Waals surface area contributed by atoms with Gasteiger partial charge in [0.15, 0.2) is 0 Å². The maximum Gasteiger partial charge on any atom is 0.139 e. The maximum atomic E-state index is 5.58. The molecule has 0 N–H and O–H groups in total. The average Bonchev–Trinajstić information content (AvgIpc) is 3.01. The number of para-hydroxylation sites is 1. The summed E-state index contributed by atoms with van der Waals surface area (Å²) in [5.41, 5.74) is 1.21. The molecule has 24 heavy (non-hydrogen) atoms. The van der Waals surface area contributed by atoms with Crippen LogP contribution in [-0.4, -0.2) is 80.6 Å². The van der Waals surface area contributed by atoms with Gasteiger partial charge in [-0.25, -0.2) is 4.99 Å². The van der Waals surface area contributed by atoms with Crippen molar-refractivity contribution in [1.82, 2.24) is 9.80 Å². The lowest BCUT2D eigenvalue weighted by Gasteiger charge is -2.43. The van der Waals surface area contributed by atoms with E-state index in [1.807, 2.05) is 0 Å². The van der Waals surface area contributed by atoms with Crippen LogP contribution in [0.1, 0.15) is 6.92 Å². The van der Waals surface area contributed by atoms with Gasteiger partial charge < -0.3 is 14.4 Å². The summed E-state index contributed by atoms with van der Waals surface area (Å²) in [6.45, 7) is 9.13. The summed E-state index contributed by atoms with van der Waals surface area (Å²) >= 11 is 0. The molecule has 0 amide bonds. The van der Waals surface area contributed by atoms with Gasteiger partial charge in [-0.15, -0.1) is 0 Å². The fraction of sp³-hybridized carbons (Fsp3) is 0.611. The molecule has 2 atom stereocenters. The van der Waals surface area contributed by atoms with Crippen LogP contribution in [0.4, 0.5) is 5.69 Å². The molecule has 6 heteroatoms. The minimum atomic E-state index is 0.159. The van der Waals surface area contributed by atoms with E-state index < -0.39 is 0 Å². The van der Waals surface area contributed by atoms with Crippen LogP contribution in [0, 0.1) is 0 Å². The van der Waals surface area contributed by atoms with Gasteiger partial charge in [-0.3, -0.25) is 9.80 Å². The molecule has 0 saturated carbocycles. The van der Waals surface area contributed by atoms with E-state index in [9.17, 15) is 0 Å². The van der Waals surface area contributed by atoms with Crippen molar-refractivity contribution in [3.05, 3.63) is 30.3 Å². The van der Waals surface area contributed by atoms with E-state index in [-0.39, 0.29) is 12.3 Å². The molecule has 1 aromatic rings. The highest BCUT2D eigenvalue weighted by molar-refractivity contribution is 5.98. The Kier molecular flexibility index (Phi) is 4.80. The predicted molar refractivity (Wildman–Crippen MR) is 94.4 cm³/mol. The second-order valence-corrected chi connectivity index (χ2v) is 6.51. The highest BCUT2D eigenvalue weighted by Gasteiger charge is 2.42. The Morgan fingerprint density at radius 3 is 2.08 bits per heavy atom. The van der Waals surface area contributed by atoms with E-state index >= 15 is 0 Å². The Bertz CT molecular complexity index is 568. The average molecular weight is 330 g/mol. The molecule has 6 nitrogen and oxygen atoms in total. The Morgan fingerprint density at radius 2 is 1.46 bits per heavy atom. The van der Waals surface area contributed by atoms with Crippen LogP contribution in [-0.2, 0) is 9.47 Å². The highest BCUT2D eigenvalue weighted by Crippen LogP contribution is 2.30. The minimum absolute atomic E-state index is 0.159. The van der Waals surface area contributed by atoms with Crippen LogP contribution in [0.25, 0.3) is 0 Å². The first-order valence-electron chi connectivity index (χ1n) is 8.87. The van der Waals surface area contributed by atoms with E-state index in [1.165, 1.54) is 5.69 Å². The first-order chi connectivity index (χ1) is 11.8. The second-order valence-electron chi connectivity index (χ2n) is 6.51. The summed E-state index contributed by atoms with van der Waals surface area (Å²) in [7, 11) is 0. The summed E-state index contributed by atoms with van der Waals surface area (Å²) in [6.07, 6.45) is 0.390.